The van der Waals surface area contributed by atoms with E-state index in [2.05, 4.69) is 10.8 Å². The summed E-state index contributed by atoms with van der Waals surface area (Å²) in [6.45, 7) is -0.0489. The maximum Gasteiger partial charge on any atom is 0.253 e. The number of phenolic OH excluding ortho intramolecular Hbond substituents is 2. The van der Waals surface area contributed by atoms with E-state index in [1.807, 2.05) is 0 Å². The van der Waals surface area contributed by atoms with Gasteiger partial charge in [0.15, 0.2) is 11.5 Å². The van der Waals surface area contributed by atoms with Crippen molar-refractivity contribution in [2.45, 2.75) is 18.6 Å². The Labute approximate surface area is 193 Å². The van der Waals surface area contributed by atoms with E-state index >= 15 is 0 Å². The second-order valence-electron chi connectivity index (χ2n) is 7.26. The Morgan fingerprint density at radius 3 is 2.53 bits per heavy atom. The summed E-state index contributed by atoms with van der Waals surface area (Å²) in [6.07, 6.45) is 0. The monoisotopic (exact) mass is 472 g/mol. The molecule has 4 rings (SSSR count). The van der Waals surface area contributed by atoms with E-state index in [9.17, 15) is 19.8 Å². The first-order chi connectivity index (χ1) is 15.3. The van der Waals surface area contributed by atoms with E-state index in [0.717, 1.165) is 0 Å². The molecule has 164 valence electrons. The molecule has 4 N–H and O–H groups in total. The highest BCUT2D eigenvalue weighted by atomic mass is 35.5. The summed E-state index contributed by atoms with van der Waals surface area (Å²) < 4.78 is 0. The molecule has 1 aliphatic rings. The molecule has 7 nitrogen and oxygen atoms in total. The molecule has 1 heterocycles. The van der Waals surface area contributed by atoms with Gasteiger partial charge >= 0.3 is 0 Å². The third-order valence-electron chi connectivity index (χ3n) is 5.19. The maximum atomic E-state index is 13.2. The second kappa shape index (κ2) is 9.08. The molecule has 3 aromatic carbocycles. The highest BCUT2D eigenvalue weighted by Gasteiger charge is 2.40. The molecule has 0 aliphatic carbocycles. The molecule has 0 aromatic heterocycles. The Balaban J connectivity index is 1.61. The van der Waals surface area contributed by atoms with Crippen LogP contribution in [-0.2, 0) is 16.2 Å². The van der Waals surface area contributed by atoms with E-state index < -0.39 is 17.9 Å². The lowest BCUT2D eigenvalue weighted by atomic mass is 9.80. The maximum absolute atomic E-state index is 13.2. The minimum atomic E-state index is -0.823. The molecule has 32 heavy (non-hydrogen) atoms. The summed E-state index contributed by atoms with van der Waals surface area (Å²) in [5, 5.41) is 22.6. The number of benzene rings is 3. The van der Waals surface area contributed by atoms with Gasteiger partial charge in [-0.3, -0.25) is 14.4 Å². The number of phenols is 2. The van der Waals surface area contributed by atoms with Gasteiger partial charge in [0.25, 0.3) is 11.8 Å². The molecule has 2 atom stereocenters. The summed E-state index contributed by atoms with van der Waals surface area (Å²) in [5.41, 5.74) is 4.42. The Morgan fingerprint density at radius 1 is 1.00 bits per heavy atom. The van der Waals surface area contributed by atoms with Crippen molar-refractivity contribution in [1.29, 1.82) is 0 Å². The van der Waals surface area contributed by atoms with Crippen molar-refractivity contribution in [2.75, 3.05) is 0 Å². The highest BCUT2D eigenvalue weighted by molar-refractivity contribution is 6.35. The Bertz CT molecular complexity index is 1200. The second-order valence-corrected chi connectivity index (χ2v) is 8.10. The number of nitrogens with one attached hydrogen (secondary N) is 2. The number of aromatic hydroxyl groups is 2. The van der Waals surface area contributed by atoms with Crippen molar-refractivity contribution < 1.29 is 24.6 Å². The molecular formula is C23H18Cl2N2O5. The van der Waals surface area contributed by atoms with Gasteiger partial charge in [-0.05, 0) is 47.0 Å². The van der Waals surface area contributed by atoms with Crippen LogP contribution in [0.5, 0.6) is 11.5 Å². The highest BCUT2D eigenvalue weighted by Crippen LogP contribution is 2.40. The molecule has 0 saturated heterocycles. The van der Waals surface area contributed by atoms with E-state index in [1.54, 1.807) is 48.5 Å². The van der Waals surface area contributed by atoms with Crippen LogP contribution in [0.3, 0.4) is 0 Å². The summed E-state index contributed by atoms with van der Waals surface area (Å²) in [7, 11) is 0. The van der Waals surface area contributed by atoms with Gasteiger partial charge < -0.3 is 15.5 Å². The van der Waals surface area contributed by atoms with Crippen LogP contribution in [0.15, 0.2) is 60.7 Å². The van der Waals surface area contributed by atoms with Crippen LogP contribution in [-0.4, -0.2) is 22.0 Å². The van der Waals surface area contributed by atoms with Crippen LogP contribution in [0.2, 0.25) is 10.0 Å². The van der Waals surface area contributed by atoms with Gasteiger partial charge in [-0.2, -0.15) is 0 Å². The molecule has 3 aromatic rings. The van der Waals surface area contributed by atoms with Gasteiger partial charge in [-0.1, -0.05) is 53.5 Å². The smallest absolute Gasteiger partial charge is 0.253 e. The van der Waals surface area contributed by atoms with Crippen molar-refractivity contribution in [3.8, 4) is 11.5 Å². The third kappa shape index (κ3) is 4.36. The number of fused-ring (bicyclic) bond motifs is 1. The van der Waals surface area contributed by atoms with E-state index in [4.69, 9.17) is 28.0 Å². The van der Waals surface area contributed by atoms with Crippen LogP contribution < -0.4 is 10.8 Å². The number of carbonyl (C=O) groups is 2. The van der Waals surface area contributed by atoms with Gasteiger partial charge in [-0.25, -0.2) is 5.48 Å². The fourth-order valence-electron chi connectivity index (χ4n) is 3.67. The zero-order valence-electron chi connectivity index (χ0n) is 16.5. The average molecular weight is 473 g/mol. The fourth-order valence-corrected chi connectivity index (χ4v) is 4.20. The summed E-state index contributed by atoms with van der Waals surface area (Å²) in [4.78, 5) is 31.2. The molecule has 0 bridgehead atoms. The minimum absolute atomic E-state index is 0.0489. The first-order valence-electron chi connectivity index (χ1n) is 9.62. The first-order valence-corrected chi connectivity index (χ1v) is 10.4. The molecule has 0 spiro atoms. The Kier molecular flexibility index (Phi) is 6.23. The van der Waals surface area contributed by atoms with E-state index in [-0.39, 0.29) is 24.0 Å². The molecule has 0 saturated carbocycles. The fraction of sp³-hybridized carbons (Fsp3) is 0.130. The minimum Gasteiger partial charge on any atom is -0.504 e. The third-order valence-corrected chi connectivity index (χ3v) is 5.75. The quantitative estimate of drug-likeness (QED) is 0.328. The van der Waals surface area contributed by atoms with Crippen LogP contribution in [0.4, 0.5) is 0 Å². The van der Waals surface area contributed by atoms with Gasteiger partial charge in [0.05, 0.1) is 18.6 Å². The number of hydrogen-bond donors (Lipinski definition) is 4. The van der Waals surface area contributed by atoms with Gasteiger partial charge in [-0.15, -0.1) is 0 Å². The number of amides is 2. The van der Waals surface area contributed by atoms with Crippen LogP contribution in [0, 0.1) is 0 Å². The summed E-state index contributed by atoms with van der Waals surface area (Å²) in [6, 6.07) is 15.1. The van der Waals surface area contributed by atoms with Gasteiger partial charge in [0.2, 0.25) is 0 Å². The molecule has 0 unspecified atom stereocenters. The van der Waals surface area contributed by atoms with Crippen molar-refractivity contribution in [2.24, 2.45) is 0 Å². The lowest BCUT2D eigenvalue weighted by Crippen LogP contribution is -2.44. The summed E-state index contributed by atoms with van der Waals surface area (Å²) in [5.74, 6) is -2.18. The van der Waals surface area contributed by atoms with Crippen molar-refractivity contribution in [3.63, 3.8) is 0 Å². The Morgan fingerprint density at radius 2 is 1.78 bits per heavy atom. The average Bonchev–Trinajstić information content (AvgIpc) is 2.76. The first kappa shape index (κ1) is 22.0. The largest absolute Gasteiger partial charge is 0.504 e. The summed E-state index contributed by atoms with van der Waals surface area (Å²) >= 11 is 12.4. The zero-order valence-corrected chi connectivity index (χ0v) is 18.0. The lowest BCUT2D eigenvalue weighted by molar-refractivity contribution is -0.137. The molecule has 1 aliphatic heterocycles. The molecule has 9 heteroatoms. The normalized spacial score (nSPS) is 17.4. The number of halogens is 2. The van der Waals surface area contributed by atoms with E-state index in [1.165, 1.54) is 12.1 Å². The molecular weight excluding hydrogens is 455 g/mol. The van der Waals surface area contributed by atoms with Gasteiger partial charge in [0, 0.05) is 15.6 Å². The predicted octanol–water partition coefficient (Wildman–Crippen LogP) is 4.22. The lowest BCUT2D eigenvalue weighted by Gasteiger charge is -2.33. The van der Waals surface area contributed by atoms with Crippen LogP contribution in [0.25, 0.3) is 0 Å². The van der Waals surface area contributed by atoms with Crippen LogP contribution >= 0.6 is 23.2 Å². The molecule has 0 fully saturated rings. The van der Waals surface area contributed by atoms with E-state index in [0.29, 0.717) is 32.3 Å². The van der Waals surface area contributed by atoms with Crippen molar-refractivity contribution in [3.05, 3.63) is 93.0 Å². The molecule has 2 amide bonds. The zero-order chi connectivity index (χ0) is 22.8. The van der Waals surface area contributed by atoms with Gasteiger partial charge in [0.1, 0.15) is 0 Å². The number of rotatable bonds is 5. The number of hydrogen-bond acceptors (Lipinski definition) is 5. The molecule has 0 radical (unpaired) electrons. The predicted molar refractivity (Wildman–Crippen MR) is 119 cm³/mol. The Hall–Kier alpha value is -3.26. The van der Waals surface area contributed by atoms with Crippen LogP contribution in [0.1, 0.15) is 39.0 Å². The topological polar surface area (TPSA) is 108 Å². The van der Waals surface area contributed by atoms with Crippen molar-refractivity contribution >= 4 is 35.0 Å². The van der Waals surface area contributed by atoms with Crippen molar-refractivity contribution in [1.82, 2.24) is 10.8 Å². The number of carbonyl (C=O) groups excluding carboxylic acids is 2. The SMILES string of the molecule is O=C1N[C@@H](c2ccc(Cl)cc2Cl)[C@H](C(=O)NOCc2ccc(O)c(O)c2)c2ccccc21. The standard InChI is InChI=1S/C23H18Cl2N2O5/c24-13-6-7-16(17(25)10-13)21-20(14-3-1-2-4-15(14)22(30)26-21)23(31)27-32-11-12-5-8-18(28)19(29)9-12/h1-10,20-21,28-29H,11H2,(H,26,30)(H,27,31)/t20-,21+/m1/s1. The number of hydroxylamine groups is 1.